The SMILES string of the molecule is C[C@H](N)C(=O)NCC(C)(C)N(C)C. The van der Waals surface area contributed by atoms with E-state index < -0.39 is 6.04 Å². The van der Waals surface area contributed by atoms with Crippen LogP contribution in [0.3, 0.4) is 0 Å². The minimum atomic E-state index is -0.432. The summed E-state index contributed by atoms with van der Waals surface area (Å²) in [5.41, 5.74) is 5.38. The number of carbonyl (C=O) groups is 1. The number of nitrogens with two attached hydrogens (primary N) is 1. The van der Waals surface area contributed by atoms with Gasteiger partial charge in [0.25, 0.3) is 0 Å². The molecule has 0 saturated heterocycles. The Balaban J connectivity index is 3.95. The molecule has 78 valence electrons. The van der Waals surface area contributed by atoms with Crippen LogP contribution < -0.4 is 11.1 Å². The van der Waals surface area contributed by atoms with Gasteiger partial charge in [0.2, 0.25) is 5.91 Å². The summed E-state index contributed by atoms with van der Waals surface area (Å²) < 4.78 is 0. The lowest BCUT2D eigenvalue weighted by atomic mass is 10.0. The molecule has 1 atom stereocenters. The normalized spacial score (nSPS) is 14.4. The second kappa shape index (κ2) is 4.58. The molecule has 0 rings (SSSR count). The molecule has 0 aliphatic carbocycles. The maximum absolute atomic E-state index is 11.2. The van der Waals surface area contributed by atoms with Crippen LogP contribution in [-0.4, -0.2) is 43.0 Å². The Hall–Kier alpha value is -0.610. The summed E-state index contributed by atoms with van der Waals surface area (Å²) in [6.45, 7) is 6.42. The van der Waals surface area contributed by atoms with Crippen LogP contribution in [0.4, 0.5) is 0 Å². The smallest absolute Gasteiger partial charge is 0.236 e. The monoisotopic (exact) mass is 187 g/mol. The van der Waals surface area contributed by atoms with Crippen molar-refractivity contribution in [1.82, 2.24) is 10.2 Å². The fraction of sp³-hybridized carbons (Fsp3) is 0.889. The van der Waals surface area contributed by atoms with Gasteiger partial charge < -0.3 is 16.0 Å². The maximum Gasteiger partial charge on any atom is 0.236 e. The minimum absolute atomic E-state index is 0.0372. The second-order valence-electron chi connectivity index (χ2n) is 4.21. The number of likely N-dealkylation sites (N-methyl/N-ethyl adjacent to an activating group) is 1. The molecule has 0 aromatic rings. The Morgan fingerprint density at radius 1 is 1.54 bits per heavy atom. The number of hydrogen-bond donors (Lipinski definition) is 2. The molecule has 13 heavy (non-hydrogen) atoms. The van der Waals surface area contributed by atoms with E-state index in [1.54, 1.807) is 6.92 Å². The molecule has 1 amide bonds. The third-order valence-electron chi connectivity index (χ3n) is 2.32. The summed E-state index contributed by atoms with van der Waals surface area (Å²) in [6, 6.07) is -0.432. The van der Waals surface area contributed by atoms with E-state index in [1.807, 2.05) is 14.1 Å². The van der Waals surface area contributed by atoms with Crippen LogP contribution >= 0.6 is 0 Å². The van der Waals surface area contributed by atoms with Gasteiger partial charge in [-0.05, 0) is 34.9 Å². The lowest BCUT2D eigenvalue weighted by Gasteiger charge is -2.32. The highest BCUT2D eigenvalue weighted by Gasteiger charge is 2.21. The quantitative estimate of drug-likeness (QED) is 0.640. The average molecular weight is 187 g/mol. The zero-order valence-corrected chi connectivity index (χ0v) is 9.22. The van der Waals surface area contributed by atoms with Crippen molar-refractivity contribution in [3.63, 3.8) is 0 Å². The predicted molar refractivity (Wildman–Crippen MR) is 54.4 cm³/mol. The summed E-state index contributed by atoms with van der Waals surface area (Å²) in [5.74, 6) is -0.102. The molecule has 0 fully saturated rings. The van der Waals surface area contributed by atoms with E-state index in [1.165, 1.54) is 0 Å². The average Bonchev–Trinajstić information content (AvgIpc) is 1.99. The molecule has 0 radical (unpaired) electrons. The maximum atomic E-state index is 11.2. The van der Waals surface area contributed by atoms with Crippen LogP contribution in [0.15, 0.2) is 0 Å². The van der Waals surface area contributed by atoms with Crippen molar-refractivity contribution in [2.75, 3.05) is 20.6 Å². The Bertz CT molecular complexity index is 176. The minimum Gasteiger partial charge on any atom is -0.353 e. The van der Waals surface area contributed by atoms with Crippen LogP contribution in [0, 0.1) is 0 Å². The zero-order valence-electron chi connectivity index (χ0n) is 9.22. The fourth-order valence-electron chi connectivity index (χ4n) is 0.623. The highest BCUT2D eigenvalue weighted by atomic mass is 16.2. The first kappa shape index (κ1) is 12.4. The first-order valence-electron chi connectivity index (χ1n) is 4.48. The van der Waals surface area contributed by atoms with Gasteiger partial charge in [-0.3, -0.25) is 4.79 Å². The number of amides is 1. The van der Waals surface area contributed by atoms with Crippen LogP contribution in [0.2, 0.25) is 0 Å². The molecule has 0 unspecified atom stereocenters. The zero-order chi connectivity index (χ0) is 10.6. The van der Waals surface area contributed by atoms with Crippen molar-refractivity contribution >= 4 is 5.91 Å². The first-order valence-corrected chi connectivity index (χ1v) is 4.48. The van der Waals surface area contributed by atoms with Crippen molar-refractivity contribution in [1.29, 1.82) is 0 Å². The third-order valence-corrected chi connectivity index (χ3v) is 2.32. The van der Waals surface area contributed by atoms with E-state index >= 15 is 0 Å². The van der Waals surface area contributed by atoms with Crippen LogP contribution in [-0.2, 0) is 4.79 Å². The van der Waals surface area contributed by atoms with Crippen molar-refractivity contribution in [2.45, 2.75) is 32.4 Å². The molecule has 0 aromatic heterocycles. The van der Waals surface area contributed by atoms with Gasteiger partial charge in [0.15, 0.2) is 0 Å². The summed E-state index contributed by atoms with van der Waals surface area (Å²) in [7, 11) is 3.97. The number of nitrogens with one attached hydrogen (secondary N) is 1. The molecule has 0 spiro atoms. The van der Waals surface area contributed by atoms with Gasteiger partial charge >= 0.3 is 0 Å². The second-order valence-corrected chi connectivity index (χ2v) is 4.21. The molecule has 4 heteroatoms. The molecule has 0 heterocycles. The van der Waals surface area contributed by atoms with Crippen molar-refractivity contribution in [2.24, 2.45) is 5.73 Å². The van der Waals surface area contributed by atoms with Gasteiger partial charge in [-0.2, -0.15) is 0 Å². The Morgan fingerprint density at radius 2 is 2.00 bits per heavy atom. The van der Waals surface area contributed by atoms with Gasteiger partial charge in [-0.1, -0.05) is 0 Å². The van der Waals surface area contributed by atoms with Gasteiger partial charge in [0, 0.05) is 12.1 Å². The number of rotatable bonds is 4. The van der Waals surface area contributed by atoms with Crippen molar-refractivity contribution in [3.8, 4) is 0 Å². The van der Waals surface area contributed by atoms with Gasteiger partial charge in [0.1, 0.15) is 0 Å². The van der Waals surface area contributed by atoms with Gasteiger partial charge in [0.05, 0.1) is 6.04 Å². The predicted octanol–water partition coefficient (Wildman–Crippen LogP) is -0.210. The van der Waals surface area contributed by atoms with E-state index in [0.29, 0.717) is 6.54 Å². The Morgan fingerprint density at radius 3 is 2.31 bits per heavy atom. The van der Waals surface area contributed by atoms with E-state index in [0.717, 1.165) is 0 Å². The molecule has 0 aliphatic rings. The number of carbonyl (C=O) groups excluding carboxylic acids is 1. The lowest BCUT2D eigenvalue weighted by molar-refractivity contribution is -0.122. The molecule has 0 bridgehead atoms. The van der Waals surface area contributed by atoms with Crippen LogP contribution in [0.5, 0.6) is 0 Å². The van der Waals surface area contributed by atoms with Gasteiger partial charge in [-0.15, -0.1) is 0 Å². The highest BCUT2D eigenvalue weighted by molar-refractivity contribution is 5.81. The standard InChI is InChI=1S/C9H21N3O/c1-7(10)8(13)11-6-9(2,3)12(4)5/h7H,6,10H2,1-5H3,(H,11,13)/t7-/m0/s1. The fourth-order valence-corrected chi connectivity index (χ4v) is 0.623. The van der Waals surface area contributed by atoms with E-state index in [9.17, 15) is 4.79 Å². The topological polar surface area (TPSA) is 58.4 Å². The molecule has 4 nitrogen and oxygen atoms in total. The van der Waals surface area contributed by atoms with E-state index in [2.05, 4.69) is 24.1 Å². The lowest BCUT2D eigenvalue weighted by Crippen LogP contribution is -2.50. The summed E-state index contributed by atoms with van der Waals surface area (Å²) >= 11 is 0. The third kappa shape index (κ3) is 4.24. The van der Waals surface area contributed by atoms with E-state index in [-0.39, 0.29) is 11.4 Å². The number of hydrogen-bond acceptors (Lipinski definition) is 3. The van der Waals surface area contributed by atoms with Crippen molar-refractivity contribution < 1.29 is 4.79 Å². The highest BCUT2D eigenvalue weighted by Crippen LogP contribution is 2.07. The summed E-state index contributed by atoms with van der Waals surface area (Å²) in [6.07, 6.45) is 0. The molecule has 0 aromatic carbocycles. The van der Waals surface area contributed by atoms with Crippen LogP contribution in [0.25, 0.3) is 0 Å². The molecule has 0 aliphatic heterocycles. The molecule has 3 N–H and O–H groups in total. The van der Waals surface area contributed by atoms with Crippen molar-refractivity contribution in [3.05, 3.63) is 0 Å². The summed E-state index contributed by atoms with van der Waals surface area (Å²) in [5, 5.41) is 2.80. The van der Waals surface area contributed by atoms with Crippen LogP contribution in [0.1, 0.15) is 20.8 Å². The number of nitrogens with zero attached hydrogens (tertiary/aromatic N) is 1. The first-order chi connectivity index (χ1) is 5.77. The molecular weight excluding hydrogens is 166 g/mol. The Kier molecular flexibility index (Phi) is 4.36. The Labute approximate surface area is 80.5 Å². The molecular formula is C9H21N3O. The van der Waals surface area contributed by atoms with Gasteiger partial charge in [-0.25, -0.2) is 0 Å². The van der Waals surface area contributed by atoms with E-state index in [4.69, 9.17) is 5.73 Å². The summed E-state index contributed by atoms with van der Waals surface area (Å²) in [4.78, 5) is 13.2. The largest absolute Gasteiger partial charge is 0.353 e. The molecule has 0 saturated carbocycles.